The van der Waals surface area contributed by atoms with Crippen molar-refractivity contribution in [2.45, 2.75) is 75.9 Å². The lowest BCUT2D eigenvalue weighted by atomic mass is 9.73. The highest BCUT2D eigenvalue weighted by Crippen LogP contribution is 2.53. The normalized spacial score (nSPS) is 36.4. The number of nitrogens with zero attached hydrogens (tertiary/aromatic N) is 1. The van der Waals surface area contributed by atoms with Gasteiger partial charge < -0.3 is 37.1 Å². The number of fused-ring (bicyclic) bond motifs is 1. The fourth-order valence-electron chi connectivity index (χ4n) is 6.44. The average Bonchev–Trinajstić information content (AvgIpc) is 3.45. The molecule has 1 amide bonds. The first-order valence-electron chi connectivity index (χ1n) is 12.4. The molecule has 4 aliphatic rings. The molecule has 4 rings (SSSR count). The lowest BCUT2D eigenvalue weighted by molar-refractivity contribution is -0.160. The van der Waals surface area contributed by atoms with Gasteiger partial charge in [-0.05, 0) is 32.1 Å². The van der Waals surface area contributed by atoms with Gasteiger partial charge in [-0.1, -0.05) is 13.8 Å². The Labute approximate surface area is 215 Å². The molecule has 0 aromatic carbocycles. The number of aliphatic hydroxyl groups excluding tert-OH is 1. The van der Waals surface area contributed by atoms with Crippen molar-refractivity contribution in [2.75, 3.05) is 13.2 Å². The van der Waals surface area contributed by atoms with Crippen molar-refractivity contribution in [1.82, 2.24) is 21.7 Å². The van der Waals surface area contributed by atoms with Gasteiger partial charge in [-0.25, -0.2) is 4.79 Å². The molecule has 36 heavy (non-hydrogen) atoms. The van der Waals surface area contributed by atoms with Gasteiger partial charge in [0.05, 0.1) is 24.1 Å². The molecule has 12 heteroatoms. The van der Waals surface area contributed by atoms with Gasteiger partial charge in [-0.2, -0.15) is 0 Å². The Balaban J connectivity index is 0.00000361. The summed E-state index contributed by atoms with van der Waals surface area (Å²) in [5, 5.41) is 26.5. The highest BCUT2D eigenvalue weighted by atomic mass is 32.2. The van der Waals surface area contributed by atoms with E-state index in [2.05, 4.69) is 10.6 Å². The molecule has 9 N–H and O–H groups in total. The number of aliphatic carboxylic acids is 1. The Hall–Kier alpha value is -1.83. The Bertz CT molecular complexity index is 944. The second-order valence-electron chi connectivity index (χ2n) is 10.5. The van der Waals surface area contributed by atoms with Crippen LogP contribution >= 0.6 is 11.8 Å². The molecule has 1 unspecified atom stereocenters. The standard InChI is InChI=1S/C24H36N4O6S.H3N/c1-10(4-11(2)29)18-19-12(3)22(20(24(33)34)28(19)23(18)32)35-14-7-16(26-8-14)21(31)13-5-15(27-9-25)17(30)6-13;/h10,12-19,26-27,30H,4-9,25H2,1-3H3,(H,33,34);1H3/t10-,12+,13?,14-,15+,16-,17-,18+,19-;/m0./s1. The minimum atomic E-state index is -1.12. The number of carbonyl (C=O) groups is 4. The quantitative estimate of drug-likeness (QED) is 0.168. The van der Waals surface area contributed by atoms with Gasteiger partial charge in [-0.3, -0.25) is 14.9 Å². The van der Waals surface area contributed by atoms with Crippen LogP contribution in [0.5, 0.6) is 0 Å². The number of β-lactam (4-membered cyclic amide) rings is 1. The third-order valence-corrected chi connectivity index (χ3v) is 9.56. The number of amides is 1. The molecule has 0 radical (unpaired) electrons. The first-order valence-corrected chi connectivity index (χ1v) is 13.3. The van der Waals surface area contributed by atoms with Crippen LogP contribution in [0, 0.1) is 23.7 Å². The van der Waals surface area contributed by atoms with Crippen LogP contribution in [-0.2, 0) is 19.2 Å². The molecule has 3 fully saturated rings. The van der Waals surface area contributed by atoms with Gasteiger partial charge in [0, 0.05) is 47.7 Å². The van der Waals surface area contributed by atoms with Crippen molar-refractivity contribution in [2.24, 2.45) is 29.4 Å². The third kappa shape index (κ3) is 5.11. The fraction of sp³-hybridized carbons (Fsp3) is 0.750. The summed E-state index contributed by atoms with van der Waals surface area (Å²) in [7, 11) is 0. The van der Waals surface area contributed by atoms with Gasteiger partial charge >= 0.3 is 5.97 Å². The first-order chi connectivity index (χ1) is 16.5. The number of carboxylic acid groups (broad SMARTS) is 1. The molecule has 11 nitrogen and oxygen atoms in total. The Morgan fingerprint density at radius 1 is 1.28 bits per heavy atom. The largest absolute Gasteiger partial charge is 0.477 e. The smallest absolute Gasteiger partial charge is 0.353 e. The topological polar surface area (TPSA) is 197 Å². The summed E-state index contributed by atoms with van der Waals surface area (Å²) in [6.45, 7) is 6.14. The van der Waals surface area contributed by atoms with Gasteiger partial charge in [0.15, 0.2) is 5.78 Å². The van der Waals surface area contributed by atoms with Crippen molar-refractivity contribution in [3.8, 4) is 0 Å². The molecule has 9 atom stereocenters. The second-order valence-corrected chi connectivity index (χ2v) is 11.8. The lowest BCUT2D eigenvalue weighted by Crippen LogP contribution is -2.62. The van der Waals surface area contributed by atoms with E-state index in [4.69, 9.17) is 5.73 Å². The van der Waals surface area contributed by atoms with Crippen LogP contribution in [0.4, 0.5) is 0 Å². The van der Waals surface area contributed by atoms with Crippen LogP contribution in [-0.4, -0.2) is 81.2 Å². The van der Waals surface area contributed by atoms with Crippen molar-refractivity contribution in [3.63, 3.8) is 0 Å². The van der Waals surface area contributed by atoms with Gasteiger partial charge in [-0.15, -0.1) is 11.8 Å². The number of nitrogens with two attached hydrogens (primary N) is 1. The Morgan fingerprint density at radius 2 is 1.97 bits per heavy atom. The summed E-state index contributed by atoms with van der Waals surface area (Å²) >= 11 is 1.45. The van der Waals surface area contributed by atoms with E-state index in [0.717, 1.165) is 0 Å². The zero-order chi connectivity index (χ0) is 25.6. The van der Waals surface area contributed by atoms with Crippen molar-refractivity contribution < 1.29 is 29.4 Å². The molecule has 0 spiro atoms. The summed E-state index contributed by atoms with van der Waals surface area (Å²) in [5.74, 6) is -2.13. The van der Waals surface area contributed by atoms with Crippen LogP contribution in [0.25, 0.3) is 0 Å². The number of carboxylic acids is 1. The molecule has 1 aliphatic carbocycles. The second kappa shape index (κ2) is 11.3. The van der Waals surface area contributed by atoms with Gasteiger partial charge in [0.25, 0.3) is 0 Å². The van der Waals surface area contributed by atoms with Crippen LogP contribution in [0.3, 0.4) is 0 Å². The summed E-state index contributed by atoms with van der Waals surface area (Å²) in [5.41, 5.74) is 5.57. The maximum atomic E-state index is 13.1. The minimum absolute atomic E-state index is 0. The number of rotatable bonds is 10. The Morgan fingerprint density at radius 3 is 2.58 bits per heavy atom. The minimum Gasteiger partial charge on any atom is -0.477 e. The van der Waals surface area contributed by atoms with E-state index < -0.39 is 12.1 Å². The molecule has 202 valence electrons. The molecule has 3 heterocycles. The van der Waals surface area contributed by atoms with E-state index >= 15 is 0 Å². The molecule has 3 aliphatic heterocycles. The Kier molecular flexibility index (Phi) is 9.00. The van der Waals surface area contributed by atoms with Crippen molar-refractivity contribution in [1.29, 1.82) is 0 Å². The molecule has 0 aromatic heterocycles. The zero-order valence-corrected chi connectivity index (χ0v) is 21.9. The highest BCUT2D eigenvalue weighted by molar-refractivity contribution is 8.03. The molecular weight excluding hydrogens is 486 g/mol. The van der Waals surface area contributed by atoms with E-state index in [1.165, 1.54) is 23.6 Å². The van der Waals surface area contributed by atoms with E-state index in [9.17, 15) is 29.4 Å². The summed E-state index contributed by atoms with van der Waals surface area (Å²) in [6, 6.07) is -0.762. The predicted octanol–water partition coefficient (Wildman–Crippen LogP) is 0.215. The number of hydrogen-bond donors (Lipinski definition) is 6. The number of carbonyl (C=O) groups excluding carboxylic acids is 3. The fourth-order valence-corrected chi connectivity index (χ4v) is 7.92. The number of thioether (sulfide) groups is 1. The zero-order valence-electron chi connectivity index (χ0n) is 21.1. The number of hydrogen-bond acceptors (Lipinski definition) is 10. The average molecular weight is 526 g/mol. The van der Waals surface area contributed by atoms with Gasteiger partial charge in [0.2, 0.25) is 5.91 Å². The number of Topliss-reactive ketones (excluding diaryl/α,β-unsaturated/α-hetero) is 2. The van der Waals surface area contributed by atoms with E-state index in [0.29, 0.717) is 37.1 Å². The molecule has 1 saturated carbocycles. The maximum absolute atomic E-state index is 13.1. The third-order valence-electron chi connectivity index (χ3n) is 8.05. The van der Waals surface area contributed by atoms with Crippen LogP contribution in [0.1, 0.15) is 46.5 Å². The van der Waals surface area contributed by atoms with Gasteiger partial charge in [0.1, 0.15) is 11.5 Å². The van der Waals surface area contributed by atoms with Crippen LogP contribution < -0.4 is 22.5 Å². The SMILES string of the molecule is CC(=O)C[C@H](C)[C@H]1C(=O)N2C(C(=O)O)=C(S[C@@H]3CN[C@H](C(=O)C4C[C@H](O)[C@H](NCN)C4)C3)[C@H](C)[C@@H]12.N. The molecule has 2 saturated heterocycles. The van der Waals surface area contributed by atoms with Crippen molar-refractivity contribution >= 4 is 35.2 Å². The molecule has 0 aromatic rings. The summed E-state index contributed by atoms with van der Waals surface area (Å²) < 4.78 is 0. The molecular formula is C24H39N5O6S. The number of nitrogens with one attached hydrogen (secondary N) is 2. The van der Waals surface area contributed by atoms with E-state index in [-0.39, 0.29) is 83.0 Å². The van der Waals surface area contributed by atoms with E-state index in [1.807, 2.05) is 13.8 Å². The summed E-state index contributed by atoms with van der Waals surface area (Å²) in [6.07, 6.45) is 1.23. The number of aliphatic hydroxyl groups is 1. The highest BCUT2D eigenvalue weighted by Gasteiger charge is 2.60. The lowest BCUT2D eigenvalue weighted by Gasteiger charge is -2.47. The van der Waals surface area contributed by atoms with Crippen LogP contribution in [0.2, 0.25) is 0 Å². The maximum Gasteiger partial charge on any atom is 0.353 e. The number of ketones is 2. The molecule has 0 bridgehead atoms. The first kappa shape index (κ1) is 28.7. The summed E-state index contributed by atoms with van der Waals surface area (Å²) in [4.78, 5) is 51.9. The van der Waals surface area contributed by atoms with E-state index in [1.54, 1.807) is 0 Å². The van der Waals surface area contributed by atoms with Crippen LogP contribution in [0.15, 0.2) is 10.6 Å². The predicted molar refractivity (Wildman–Crippen MR) is 135 cm³/mol. The monoisotopic (exact) mass is 525 g/mol. The van der Waals surface area contributed by atoms with Crippen molar-refractivity contribution in [3.05, 3.63) is 10.6 Å².